The van der Waals surface area contributed by atoms with Crippen LogP contribution in [-0.2, 0) is 0 Å². The second kappa shape index (κ2) is 12.4. The lowest BCUT2D eigenvalue weighted by atomic mass is 9.94. The normalized spacial score (nSPS) is 17.5. The van der Waals surface area contributed by atoms with E-state index in [2.05, 4.69) is 62.4 Å². The number of nitrogens with zero attached hydrogens (tertiary/aromatic N) is 4. The minimum Gasteiger partial charge on any atom is -0.492 e. The van der Waals surface area contributed by atoms with E-state index in [1.165, 1.54) is 19.3 Å². The van der Waals surface area contributed by atoms with Gasteiger partial charge in [0.2, 0.25) is 5.95 Å². The fraction of sp³-hybridized carbons (Fsp3) is 0.429. The fourth-order valence-electron chi connectivity index (χ4n) is 4.58. The van der Waals surface area contributed by atoms with Crippen LogP contribution in [0.15, 0.2) is 53.6 Å². The minimum atomic E-state index is 0.442. The van der Waals surface area contributed by atoms with E-state index >= 15 is 0 Å². The average Bonchev–Trinajstić information content (AvgIpc) is 3.38. The first-order valence-corrected chi connectivity index (χ1v) is 14.5. The highest BCUT2D eigenvalue weighted by Gasteiger charge is 2.25. The summed E-state index contributed by atoms with van der Waals surface area (Å²) in [5.41, 5.74) is 2.91. The van der Waals surface area contributed by atoms with Gasteiger partial charge in [0.05, 0.1) is 24.2 Å². The number of hydrogen-bond donors (Lipinski definition) is 3. The van der Waals surface area contributed by atoms with Gasteiger partial charge >= 0.3 is 0 Å². The SMILES string of the molecule is CCOc1cc(N2CC[C@H](N(C)C)C2)ccc1Nc1ncc(Cl)c(Nc2ccccc2SNC2CCC2)n1. The first-order valence-electron chi connectivity index (χ1n) is 13.3. The standard InChI is InChI=1S/C28H36ClN7OS/c1-4-37-25-16-20(36-15-14-21(18-36)35(2)3)12-13-23(25)32-28-30-17-22(29)27(33-28)31-24-10-5-6-11-26(24)38-34-19-8-7-9-19/h5-6,10-13,16-17,19,21,34H,4,7-9,14-15,18H2,1-3H3,(H2,30,31,32,33)/t21-/m0/s1. The van der Waals surface area contributed by atoms with Crippen molar-refractivity contribution in [3.63, 3.8) is 0 Å². The number of ether oxygens (including phenoxy) is 1. The molecule has 2 aliphatic rings. The van der Waals surface area contributed by atoms with E-state index < -0.39 is 0 Å². The third-order valence-corrected chi connectivity index (χ3v) is 8.40. The molecule has 0 unspecified atom stereocenters. The largest absolute Gasteiger partial charge is 0.492 e. The monoisotopic (exact) mass is 553 g/mol. The molecule has 38 heavy (non-hydrogen) atoms. The number of likely N-dealkylation sites (N-methyl/N-ethyl adjacent to an activating group) is 1. The predicted octanol–water partition coefficient (Wildman–Crippen LogP) is 6.31. The number of halogens is 1. The molecule has 10 heteroatoms. The van der Waals surface area contributed by atoms with E-state index in [1.54, 1.807) is 18.1 Å². The average molecular weight is 554 g/mol. The molecule has 1 aliphatic carbocycles. The molecule has 0 amide bonds. The number of aromatic nitrogens is 2. The lowest BCUT2D eigenvalue weighted by Gasteiger charge is -2.26. The third kappa shape index (κ3) is 6.46. The van der Waals surface area contributed by atoms with Gasteiger partial charge in [-0.3, -0.25) is 4.72 Å². The van der Waals surface area contributed by atoms with Gasteiger partial charge < -0.3 is 25.2 Å². The molecule has 1 saturated carbocycles. The summed E-state index contributed by atoms with van der Waals surface area (Å²) >= 11 is 8.14. The zero-order chi connectivity index (χ0) is 26.5. The Labute approximate surface area is 234 Å². The molecule has 5 rings (SSSR count). The van der Waals surface area contributed by atoms with Crippen LogP contribution in [0.2, 0.25) is 5.02 Å². The molecule has 1 aromatic heterocycles. The highest BCUT2D eigenvalue weighted by atomic mass is 35.5. The van der Waals surface area contributed by atoms with Gasteiger partial charge in [-0.2, -0.15) is 4.98 Å². The molecule has 3 N–H and O–H groups in total. The van der Waals surface area contributed by atoms with E-state index in [1.807, 2.05) is 31.2 Å². The Morgan fingerprint density at radius 3 is 2.68 bits per heavy atom. The number of hydrogen-bond acceptors (Lipinski definition) is 9. The Kier molecular flexibility index (Phi) is 8.79. The van der Waals surface area contributed by atoms with Crippen molar-refractivity contribution >= 4 is 52.4 Å². The van der Waals surface area contributed by atoms with Gasteiger partial charge in [-0.25, -0.2) is 4.98 Å². The Morgan fingerprint density at radius 1 is 1.11 bits per heavy atom. The van der Waals surface area contributed by atoms with Crippen LogP contribution in [0.3, 0.4) is 0 Å². The van der Waals surface area contributed by atoms with Crippen LogP contribution in [0.1, 0.15) is 32.6 Å². The van der Waals surface area contributed by atoms with Gasteiger partial charge in [-0.05, 0) is 76.5 Å². The summed E-state index contributed by atoms with van der Waals surface area (Å²) in [6, 6.07) is 15.6. The molecule has 0 spiro atoms. The Hall–Kier alpha value is -2.72. The van der Waals surface area contributed by atoms with E-state index in [-0.39, 0.29) is 0 Å². The van der Waals surface area contributed by atoms with Crippen LogP contribution in [0, 0.1) is 0 Å². The maximum absolute atomic E-state index is 6.50. The van der Waals surface area contributed by atoms with Gasteiger partial charge in [0.15, 0.2) is 5.82 Å². The minimum absolute atomic E-state index is 0.442. The maximum Gasteiger partial charge on any atom is 0.229 e. The van der Waals surface area contributed by atoms with Crippen molar-refractivity contribution in [3.8, 4) is 5.75 Å². The zero-order valence-electron chi connectivity index (χ0n) is 22.2. The van der Waals surface area contributed by atoms with Crippen molar-refractivity contribution in [1.29, 1.82) is 0 Å². The first-order chi connectivity index (χ1) is 18.5. The van der Waals surface area contributed by atoms with Crippen molar-refractivity contribution in [2.24, 2.45) is 0 Å². The van der Waals surface area contributed by atoms with Crippen LogP contribution in [-0.4, -0.2) is 60.7 Å². The summed E-state index contributed by atoms with van der Waals surface area (Å²) in [5, 5.41) is 7.19. The number of benzene rings is 2. The Bertz CT molecular complexity index is 1240. The van der Waals surface area contributed by atoms with E-state index in [4.69, 9.17) is 21.3 Å². The highest BCUT2D eigenvalue weighted by molar-refractivity contribution is 7.97. The number of para-hydroxylation sites is 1. The van der Waals surface area contributed by atoms with Crippen molar-refractivity contribution in [2.75, 3.05) is 49.3 Å². The Morgan fingerprint density at radius 2 is 1.95 bits per heavy atom. The zero-order valence-corrected chi connectivity index (χ0v) is 23.8. The van der Waals surface area contributed by atoms with Crippen molar-refractivity contribution in [2.45, 2.75) is 49.6 Å². The maximum atomic E-state index is 6.50. The summed E-state index contributed by atoms with van der Waals surface area (Å²) in [6.45, 7) is 4.60. The molecule has 0 bridgehead atoms. The van der Waals surface area contributed by atoms with Crippen LogP contribution in [0.5, 0.6) is 5.75 Å². The van der Waals surface area contributed by atoms with Crippen LogP contribution in [0.4, 0.5) is 28.8 Å². The topological polar surface area (TPSA) is 77.6 Å². The highest BCUT2D eigenvalue weighted by Crippen LogP contribution is 2.35. The molecule has 2 fully saturated rings. The molecule has 2 heterocycles. The summed E-state index contributed by atoms with van der Waals surface area (Å²) < 4.78 is 9.55. The van der Waals surface area contributed by atoms with Crippen LogP contribution in [0.25, 0.3) is 0 Å². The lowest BCUT2D eigenvalue weighted by molar-refractivity contribution is 0.315. The summed E-state index contributed by atoms with van der Waals surface area (Å²) in [6.07, 6.45) is 6.53. The molecule has 202 valence electrons. The molecule has 1 saturated heterocycles. The molecular formula is C28H36ClN7OS. The fourth-order valence-corrected chi connectivity index (χ4v) is 5.62. The predicted molar refractivity (Wildman–Crippen MR) is 159 cm³/mol. The van der Waals surface area contributed by atoms with E-state index in [9.17, 15) is 0 Å². The second-order valence-corrected chi connectivity index (χ2v) is 11.2. The molecule has 3 aromatic rings. The van der Waals surface area contributed by atoms with Gasteiger partial charge in [0.1, 0.15) is 10.8 Å². The Balaban J connectivity index is 1.32. The van der Waals surface area contributed by atoms with Gasteiger partial charge in [-0.15, -0.1) is 0 Å². The summed E-state index contributed by atoms with van der Waals surface area (Å²) in [4.78, 5) is 14.9. The molecule has 1 aliphatic heterocycles. The van der Waals surface area contributed by atoms with Crippen molar-refractivity contribution < 1.29 is 4.74 Å². The molecular weight excluding hydrogens is 518 g/mol. The number of nitrogens with one attached hydrogen (secondary N) is 3. The van der Waals surface area contributed by atoms with Crippen molar-refractivity contribution in [1.82, 2.24) is 19.6 Å². The lowest BCUT2D eigenvalue weighted by Crippen LogP contribution is -2.31. The van der Waals surface area contributed by atoms with E-state index in [0.29, 0.717) is 35.5 Å². The van der Waals surface area contributed by atoms with Crippen molar-refractivity contribution in [3.05, 3.63) is 53.7 Å². The first kappa shape index (κ1) is 26.9. The van der Waals surface area contributed by atoms with E-state index in [0.717, 1.165) is 47.2 Å². The molecule has 1 atom stereocenters. The summed E-state index contributed by atoms with van der Waals surface area (Å²) in [7, 11) is 4.29. The molecule has 0 radical (unpaired) electrons. The van der Waals surface area contributed by atoms with Crippen LogP contribution >= 0.6 is 23.5 Å². The van der Waals surface area contributed by atoms with Gasteiger partial charge in [-0.1, -0.05) is 30.2 Å². The molecule has 8 nitrogen and oxygen atoms in total. The second-order valence-electron chi connectivity index (χ2n) is 9.95. The van der Waals surface area contributed by atoms with Gasteiger partial charge in [0.25, 0.3) is 0 Å². The smallest absolute Gasteiger partial charge is 0.229 e. The quantitative estimate of drug-likeness (QED) is 0.237. The van der Waals surface area contributed by atoms with Gasteiger partial charge in [0, 0.05) is 41.8 Å². The third-order valence-electron chi connectivity index (χ3n) is 7.10. The summed E-state index contributed by atoms with van der Waals surface area (Å²) in [5.74, 6) is 1.76. The van der Waals surface area contributed by atoms with Crippen LogP contribution < -0.4 is 25.0 Å². The number of anilines is 5. The number of rotatable bonds is 11. The molecule has 2 aromatic carbocycles.